The number of unbranched alkanes of at least 4 members (excludes halogenated alkanes) is 2. The van der Waals surface area contributed by atoms with E-state index in [0.29, 0.717) is 24.4 Å². The Morgan fingerprint density at radius 2 is 1.42 bits per heavy atom. The van der Waals surface area contributed by atoms with Gasteiger partial charge in [0.15, 0.2) is 6.29 Å². The topological polar surface area (TPSA) is 126 Å². The average Bonchev–Trinajstić information content (AvgIpc) is 3.03. The van der Waals surface area contributed by atoms with Crippen LogP contribution in [0.3, 0.4) is 0 Å². The molecule has 0 aliphatic carbocycles. The highest BCUT2D eigenvalue weighted by atomic mass is 32.2. The van der Waals surface area contributed by atoms with Crippen molar-refractivity contribution in [2.75, 3.05) is 22.9 Å². The molecular weight excluding hydrogens is 590 g/mol. The number of nitrogens with one attached hydrogen (secondary N) is 3. The van der Waals surface area contributed by atoms with Gasteiger partial charge in [-0.2, -0.15) is 0 Å². The minimum atomic E-state index is -0.607. The number of hydrogen-bond acceptors (Lipinski definition) is 7. The Morgan fingerprint density at radius 3 is 2.07 bits per heavy atom. The number of aliphatic hydroxyl groups is 1. The maximum atomic E-state index is 12.5. The summed E-state index contributed by atoms with van der Waals surface area (Å²) in [6, 6.07) is 23.1. The first-order valence-electron chi connectivity index (χ1n) is 15.4. The molecule has 1 aliphatic heterocycles. The lowest BCUT2D eigenvalue weighted by Gasteiger charge is -2.41. The van der Waals surface area contributed by atoms with Crippen molar-refractivity contribution >= 4 is 40.9 Å². The minimum Gasteiger partial charge on any atom is -0.392 e. The molecule has 4 rings (SSSR count). The van der Waals surface area contributed by atoms with Crippen LogP contribution in [0.1, 0.15) is 75.5 Å². The minimum absolute atomic E-state index is 0.0193. The van der Waals surface area contributed by atoms with E-state index in [1.165, 1.54) is 13.8 Å². The summed E-state index contributed by atoms with van der Waals surface area (Å²) in [4.78, 5) is 35.8. The van der Waals surface area contributed by atoms with Crippen LogP contribution in [-0.4, -0.2) is 41.2 Å². The van der Waals surface area contributed by atoms with Crippen LogP contribution in [0.2, 0.25) is 0 Å². The quantitative estimate of drug-likeness (QED) is 0.120. The van der Waals surface area contributed by atoms with Gasteiger partial charge < -0.3 is 30.5 Å². The molecule has 0 unspecified atom stereocenters. The van der Waals surface area contributed by atoms with Crippen molar-refractivity contribution in [1.29, 1.82) is 0 Å². The number of benzene rings is 3. The first-order chi connectivity index (χ1) is 21.7. The zero-order chi connectivity index (χ0) is 32.2. The zero-order valence-corrected chi connectivity index (χ0v) is 26.9. The van der Waals surface area contributed by atoms with Crippen LogP contribution in [0.4, 0.5) is 11.4 Å². The Kier molecular flexibility index (Phi) is 13.0. The van der Waals surface area contributed by atoms with Crippen molar-refractivity contribution < 1.29 is 29.0 Å². The van der Waals surface area contributed by atoms with Crippen LogP contribution in [0.25, 0.3) is 0 Å². The summed E-state index contributed by atoms with van der Waals surface area (Å²) >= 11 is 1.69. The molecule has 240 valence electrons. The Hall–Kier alpha value is -3.70. The lowest BCUT2D eigenvalue weighted by atomic mass is 9.91. The third kappa shape index (κ3) is 10.7. The first kappa shape index (κ1) is 34.2. The smallest absolute Gasteiger partial charge is 0.224 e. The van der Waals surface area contributed by atoms with E-state index in [1.807, 2.05) is 72.8 Å². The van der Waals surface area contributed by atoms with Gasteiger partial charge in [-0.15, -0.1) is 11.8 Å². The van der Waals surface area contributed by atoms with Crippen molar-refractivity contribution in [3.05, 3.63) is 89.5 Å². The number of rotatable bonds is 14. The van der Waals surface area contributed by atoms with Gasteiger partial charge in [0.2, 0.25) is 17.7 Å². The summed E-state index contributed by atoms with van der Waals surface area (Å²) in [7, 11) is 0. The number of hydrogen-bond donors (Lipinski definition) is 4. The molecule has 3 aromatic rings. The van der Waals surface area contributed by atoms with Crippen LogP contribution in [0.15, 0.2) is 77.7 Å². The van der Waals surface area contributed by atoms with E-state index in [-0.39, 0.29) is 42.5 Å². The van der Waals surface area contributed by atoms with Crippen LogP contribution in [0.5, 0.6) is 0 Å². The predicted octanol–water partition coefficient (Wildman–Crippen LogP) is 6.36. The molecule has 3 amide bonds. The maximum absolute atomic E-state index is 12.5. The number of anilines is 2. The number of amides is 3. The van der Waals surface area contributed by atoms with Gasteiger partial charge in [-0.05, 0) is 60.4 Å². The SMILES string of the molecule is CC(=O)NCCCCCC(=O)Nc1ccc([C@H]2O[C@@H](CSc3ccc(NC(C)=O)cc3)[C@@H](C)[C@@H](c3ccc(CO)cc3)O2)cc1. The number of aliphatic hydroxyl groups excluding tert-OH is 1. The Balaban J connectivity index is 1.40. The molecule has 0 spiro atoms. The van der Waals surface area contributed by atoms with E-state index in [0.717, 1.165) is 46.5 Å². The molecule has 9 nitrogen and oxygen atoms in total. The van der Waals surface area contributed by atoms with Gasteiger partial charge in [-0.25, -0.2) is 0 Å². The molecule has 45 heavy (non-hydrogen) atoms. The van der Waals surface area contributed by atoms with E-state index in [2.05, 4.69) is 22.9 Å². The zero-order valence-electron chi connectivity index (χ0n) is 26.1. The Bertz CT molecular complexity index is 1400. The Morgan fingerprint density at radius 1 is 0.778 bits per heavy atom. The number of thioether (sulfide) groups is 1. The molecule has 10 heteroatoms. The van der Waals surface area contributed by atoms with E-state index in [4.69, 9.17) is 9.47 Å². The summed E-state index contributed by atoms with van der Waals surface area (Å²) < 4.78 is 13.1. The second-order valence-corrected chi connectivity index (χ2v) is 12.4. The first-order valence-corrected chi connectivity index (χ1v) is 16.4. The summed E-state index contributed by atoms with van der Waals surface area (Å²) in [5.41, 5.74) is 4.17. The van der Waals surface area contributed by atoms with E-state index < -0.39 is 6.29 Å². The van der Waals surface area contributed by atoms with Crippen molar-refractivity contribution in [2.24, 2.45) is 5.92 Å². The van der Waals surface area contributed by atoms with Crippen molar-refractivity contribution in [3.8, 4) is 0 Å². The Labute approximate surface area is 269 Å². The van der Waals surface area contributed by atoms with E-state index >= 15 is 0 Å². The van der Waals surface area contributed by atoms with Crippen LogP contribution >= 0.6 is 11.8 Å². The van der Waals surface area contributed by atoms with E-state index in [9.17, 15) is 19.5 Å². The monoisotopic (exact) mass is 633 g/mol. The third-order valence-electron chi connectivity index (χ3n) is 7.63. The molecular formula is C35H43N3O6S. The molecule has 4 atom stereocenters. The van der Waals surface area contributed by atoms with Gasteiger partial charge in [0.25, 0.3) is 0 Å². The van der Waals surface area contributed by atoms with Crippen LogP contribution < -0.4 is 16.0 Å². The van der Waals surface area contributed by atoms with E-state index in [1.54, 1.807) is 11.8 Å². The third-order valence-corrected chi connectivity index (χ3v) is 8.73. The lowest BCUT2D eigenvalue weighted by Crippen LogP contribution is -2.38. The second kappa shape index (κ2) is 17.1. The summed E-state index contributed by atoms with van der Waals surface area (Å²) in [6.45, 7) is 5.73. The molecule has 1 heterocycles. The molecule has 0 bridgehead atoms. The van der Waals surface area contributed by atoms with Gasteiger partial charge in [0, 0.05) is 60.3 Å². The normalized spacial score (nSPS) is 19.5. The predicted molar refractivity (Wildman–Crippen MR) is 177 cm³/mol. The molecule has 0 aromatic heterocycles. The molecule has 3 aromatic carbocycles. The molecule has 1 fully saturated rings. The molecule has 4 N–H and O–H groups in total. The highest BCUT2D eigenvalue weighted by molar-refractivity contribution is 7.99. The fourth-order valence-corrected chi connectivity index (χ4v) is 6.19. The van der Waals surface area contributed by atoms with Crippen molar-refractivity contribution in [2.45, 2.75) is 76.5 Å². The van der Waals surface area contributed by atoms with Crippen LogP contribution in [0, 0.1) is 5.92 Å². The molecule has 1 saturated heterocycles. The fourth-order valence-electron chi connectivity index (χ4n) is 5.12. The van der Waals surface area contributed by atoms with Crippen LogP contribution in [-0.2, 0) is 30.5 Å². The molecule has 0 saturated carbocycles. The standard InChI is InChI=1S/C35H43N3O6S/c1-23-32(22-45-31-18-16-29(17-19-31)37-25(3)41)43-35(44-34(23)27-10-8-26(21-39)9-11-27)28-12-14-30(15-13-28)38-33(42)7-5-4-6-20-36-24(2)40/h8-19,23,32,34-35,39H,4-7,20-22H2,1-3H3,(H,36,40)(H,37,41)(H,38,42)/t23-,32+,34+,35+/m1/s1. The largest absolute Gasteiger partial charge is 0.392 e. The summed E-state index contributed by atoms with van der Waals surface area (Å²) in [5.74, 6) is 0.554. The maximum Gasteiger partial charge on any atom is 0.224 e. The number of carbonyl (C=O) groups is 3. The second-order valence-electron chi connectivity index (χ2n) is 11.3. The fraction of sp³-hybridized carbons (Fsp3) is 0.400. The van der Waals surface area contributed by atoms with Gasteiger partial charge in [-0.3, -0.25) is 14.4 Å². The van der Waals surface area contributed by atoms with Gasteiger partial charge in [0.05, 0.1) is 18.8 Å². The van der Waals surface area contributed by atoms with Gasteiger partial charge >= 0.3 is 0 Å². The summed E-state index contributed by atoms with van der Waals surface area (Å²) in [6.07, 6.45) is 1.92. The molecule has 0 radical (unpaired) electrons. The highest BCUT2D eigenvalue weighted by Gasteiger charge is 2.38. The highest BCUT2D eigenvalue weighted by Crippen LogP contribution is 2.43. The molecule has 1 aliphatic rings. The van der Waals surface area contributed by atoms with Crippen molar-refractivity contribution in [3.63, 3.8) is 0 Å². The lowest BCUT2D eigenvalue weighted by molar-refractivity contribution is -0.268. The number of carbonyl (C=O) groups excluding carboxylic acids is 3. The average molecular weight is 634 g/mol. The van der Waals surface area contributed by atoms with Gasteiger partial charge in [-0.1, -0.05) is 49.7 Å². The van der Waals surface area contributed by atoms with Crippen molar-refractivity contribution in [1.82, 2.24) is 5.32 Å². The van der Waals surface area contributed by atoms with Gasteiger partial charge in [0.1, 0.15) is 0 Å². The number of ether oxygens (including phenoxy) is 2. The summed E-state index contributed by atoms with van der Waals surface area (Å²) in [5, 5.41) is 18.0.